The average molecular weight is 421 g/mol. The molecule has 0 aromatic heterocycles. The first-order valence-electron chi connectivity index (χ1n) is 12.1. The highest BCUT2D eigenvalue weighted by molar-refractivity contribution is 5.46. The van der Waals surface area contributed by atoms with Crippen molar-refractivity contribution in [3.8, 4) is 0 Å². The standard InChI is InChI=1S/C31H48/c1-21(23-18-17-22(28(2,3)4)20-27(23)31(11,12)13)19-24-25(29(5,6)7)15-14-16-26(24)30(8,9)10/h14-18,20-21H,19H2,1-13H3. The molecule has 1 unspecified atom stereocenters. The SMILES string of the molecule is CC(Cc1c(C(C)(C)C)cccc1C(C)(C)C)c1ccc(C(C)(C)C)cc1C(C)(C)C. The summed E-state index contributed by atoms with van der Waals surface area (Å²) in [5.74, 6) is 0.466. The molecule has 0 saturated carbocycles. The van der Waals surface area contributed by atoms with Gasteiger partial charge in [0.2, 0.25) is 0 Å². The molecule has 0 fully saturated rings. The van der Waals surface area contributed by atoms with E-state index in [2.05, 4.69) is 126 Å². The molecule has 0 aliphatic heterocycles. The Morgan fingerprint density at radius 2 is 1.03 bits per heavy atom. The molecule has 172 valence electrons. The van der Waals surface area contributed by atoms with Gasteiger partial charge in [-0.25, -0.2) is 0 Å². The summed E-state index contributed by atoms with van der Waals surface area (Å²) in [5, 5.41) is 0. The Morgan fingerprint density at radius 1 is 0.581 bits per heavy atom. The van der Waals surface area contributed by atoms with E-state index in [0.717, 1.165) is 6.42 Å². The van der Waals surface area contributed by atoms with E-state index in [1.165, 1.54) is 27.8 Å². The summed E-state index contributed by atoms with van der Waals surface area (Å²) >= 11 is 0. The fraction of sp³-hybridized carbons (Fsp3) is 0.613. The first kappa shape index (κ1) is 25.7. The number of hydrogen-bond acceptors (Lipinski definition) is 0. The van der Waals surface area contributed by atoms with Crippen LogP contribution in [0.5, 0.6) is 0 Å². The molecule has 0 heteroatoms. The molecule has 0 aliphatic carbocycles. The average Bonchev–Trinajstić information content (AvgIpc) is 2.57. The topological polar surface area (TPSA) is 0 Å². The van der Waals surface area contributed by atoms with Crippen molar-refractivity contribution in [2.75, 3.05) is 0 Å². The molecular formula is C31H48. The molecule has 2 aromatic carbocycles. The predicted octanol–water partition coefficient (Wildman–Crippen LogP) is 9.22. The van der Waals surface area contributed by atoms with Gasteiger partial charge in [0.05, 0.1) is 0 Å². The zero-order valence-electron chi connectivity index (χ0n) is 22.7. The fourth-order valence-corrected chi connectivity index (χ4v) is 4.73. The highest BCUT2D eigenvalue weighted by atomic mass is 14.3. The molecule has 1 atom stereocenters. The van der Waals surface area contributed by atoms with Crippen molar-refractivity contribution in [3.05, 3.63) is 69.8 Å². The lowest BCUT2D eigenvalue weighted by Crippen LogP contribution is -2.23. The molecule has 0 amide bonds. The quantitative estimate of drug-likeness (QED) is 0.464. The molecule has 0 nitrogen and oxygen atoms in total. The molecule has 2 rings (SSSR count). The van der Waals surface area contributed by atoms with Gasteiger partial charge >= 0.3 is 0 Å². The molecule has 0 heterocycles. The van der Waals surface area contributed by atoms with E-state index in [-0.39, 0.29) is 21.7 Å². The van der Waals surface area contributed by atoms with Gasteiger partial charge in [-0.1, -0.05) is 126 Å². The van der Waals surface area contributed by atoms with E-state index in [9.17, 15) is 0 Å². The van der Waals surface area contributed by atoms with Gasteiger partial charge in [0, 0.05) is 0 Å². The van der Waals surface area contributed by atoms with Crippen LogP contribution in [0.15, 0.2) is 36.4 Å². The van der Waals surface area contributed by atoms with Crippen LogP contribution in [0.4, 0.5) is 0 Å². The maximum Gasteiger partial charge on any atom is -0.0129 e. The second-order valence-electron chi connectivity index (χ2n) is 13.7. The minimum absolute atomic E-state index is 0.126. The number of hydrogen-bond donors (Lipinski definition) is 0. The van der Waals surface area contributed by atoms with Gasteiger partial charge in [0.15, 0.2) is 0 Å². The van der Waals surface area contributed by atoms with E-state index < -0.39 is 0 Å². The van der Waals surface area contributed by atoms with Crippen LogP contribution >= 0.6 is 0 Å². The molecule has 0 radical (unpaired) electrons. The van der Waals surface area contributed by atoms with Gasteiger partial charge in [0.25, 0.3) is 0 Å². The van der Waals surface area contributed by atoms with Gasteiger partial charge in [0.1, 0.15) is 0 Å². The lowest BCUT2D eigenvalue weighted by Gasteiger charge is -2.33. The Hall–Kier alpha value is -1.56. The van der Waals surface area contributed by atoms with Crippen LogP contribution in [0.25, 0.3) is 0 Å². The molecule has 2 aromatic rings. The smallest absolute Gasteiger partial charge is 0.0129 e. The molecule has 0 N–H and O–H groups in total. The third-order valence-electron chi connectivity index (χ3n) is 6.56. The normalized spacial score (nSPS) is 14.6. The first-order valence-corrected chi connectivity index (χ1v) is 12.1. The van der Waals surface area contributed by atoms with Crippen LogP contribution in [0.2, 0.25) is 0 Å². The van der Waals surface area contributed by atoms with Crippen LogP contribution in [-0.2, 0) is 28.1 Å². The third kappa shape index (κ3) is 6.03. The summed E-state index contributed by atoms with van der Waals surface area (Å²) in [7, 11) is 0. The van der Waals surface area contributed by atoms with E-state index in [0.29, 0.717) is 5.92 Å². The summed E-state index contributed by atoms with van der Waals surface area (Å²) in [6.07, 6.45) is 1.08. The second kappa shape index (κ2) is 8.42. The van der Waals surface area contributed by atoms with Crippen molar-refractivity contribution < 1.29 is 0 Å². The molecule has 0 saturated heterocycles. The molecule has 0 spiro atoms. The summed E-state index contributed by atoms with van der Waals surface area (Å²) < 4.78 is 0. The molecule has 0 bridgehead atoms. The highest BCUT2D eigenvalue weighted by Gasteiger charge is 2.28. The van der Waals surface area contributed by atoms with Gasteiger partial charge in [-0.05, 0) is 67.4 Å². The molecule has 31 heavy (non-hydrogen) atoms. The minimum Gasteiger partial charge on any atom is -0.0617 e. The zero-order chi connectivity index (χ0) is 24.0. The van der Waals surface area contributed by atoms with Crippen LogP contribution in [0.1, 0.15) is 129 Å². The Balaban J connectivity index is 2.64. The van der Waals surface area contributed by atoms with Crippen LogP contribution in [-0.4, -0.2) is 0 Å². The molecular weight excluding hydrogens is 372 g/mol. The van der Waals surface area contributed by atoms with Crippen molar-refractivity contribution in [1.82, 2.24) is 0 Å². The zero-order valence-corrected chi connectivity index (χ0v) is 22.7. The Kier molecular flexibility index (Phi) is 6.98. The summed E-state index contributed by atoms with van der Waals surface area (Å²) in [5.41, 5.74) is 9.54. The van der Waals surface area contributed by atoms with E-state index in [1.807, 2.05) is 0 Å². The number of benzene rings is 2. The van der Waals surface area contributed by atoms with Crippen molar-refractivity contribution in [2.45, 2.75) is 124 Å². The Labute approximate surface area is 193 Å². The van der Waals surface area contributed by atoms with Crippen LogP contribution < -0.4 is 0 Å². The van der Waals surface area contributed by atoms with E-state index in [4.69, 9.17) is 0 Å². The van der Waals surface area contributed by atoms with Crippen LogP contribution in [0, 0.1) is 0 Å². The van der Waals surface area contributed by atoms with Gasteiger partial charge in [-0.3, -0.25) is 0 Å². The second-order valence-corrected chi connectivity index (χ2v) is 13.7. The summed E-state index contributed by atoms with van der Waals surface area (Å²) in [6.45, 7) is 30.5. The van der Waals surface area contributed by atoms with Crippen molar-refractivity contribution in [2.24, 2.45) is 0 Å². The number of rotatable bonds is 3. The Morgan fingerprint density at radius 3 is 1.42 bits per heavy atom. The van der Waals surface area contributed by atoms with Gasteiger partial charge < -0.3 is 0 Å². The molecule has 0 aliphatic rings. The van der Waals surface area contributed by atoms with E-state index >= 15 is 0 Å². The van der Waals surface area contributed by atoms with Gasteiger partial charge in [-0.15, -0.1) is 0 Å². The minimum atomic E-state index is 0.126. The van der Waals surface area contributed by atoms with E-state index in [1.54, 1.807) is 5.56 Å². The van der Waals surface area contributed by atoms with Crippen molar-refractivity contribution in [1.29, 1.82) is 0 Å². The van der Waals surface area contributed by atoms with Crippen LogP contribution in [0.3, 0.4) is 0 Å². The first-order chi connectivity index (χ1) is 13.8. The summed E-state index contributed by atoms with van der Waals surface area (Å²) in [6, 6.07) is 14.2. The lowest BCUT2D eigenvalue weighted by molar-refractivity contribution is 0.539. The third-order valence-corrected chi connectivity index (χ3v) is 6.56. The lowest BCUT2D eigenvalue weighted by atomic mass is 9.72. The van der Waals surface area contributed by atoms with Gasteiger partial charge in [-0.2, -0.15) is 0 Å². The Bertz CT molecular complexity index is 867. The predicted molar refractivity (Wildman–Crippen MR) is 140 cm³/mol. The highest BCUT2D eigenvalue weighted by Crippen LogP contribution is 2.40. The van der Waals surface area contributed by atoms with Crippen molar-refractivity contribution >= 4 is 0 Å². The van der Waals surface area contributed by atoms with Crippen molar-refractivity contribution in [3.63, 3.8) is 0 Å². The fourth-order valence-electron chi connectivity index (χ4n) is 4.73. The maximum atomic E-state index is 2.48. The monoisotopic (exact) mass is 420 g/mol. The summed E-state index contributed by atoms with van der Waals surface area (Å²) in [4.78, 5) is 0. The maximum absolute atomic E-state index is 2.48. The largest absolute Gasteiger partial charge is 0.0617 e.